The van der Waals surface area contributed by atoms with E-state index in [1.807, 2.05) is 0 Å². The van der Waals surface area contributed by atoms with E-state index in [9.17, 15) is 9.90 Å². The van der Waals surface area contributed by atoms with Crippen LogP contribution in [0.3, 0.4) is 0 Å². The van der Waals surface area contributed by atoms with Crippen molar-refractivity contribution in [2.45, 2.75) is 38.0 Å². The van der Waals surface area contributed by atoms with Crippen LogP contribution in [0.4, 0.5) is 5.00 Å². The van der Waals surface area contributed by atoms with Gasteiger partial charge in [-0.15, -0.1) is 11.3 Å². The minimum absolute atomic E-state index is 0.113. The third-order valence-corrected chi connectivity index (χ3v) is 5.14. The smallest absolute Gasteiger partial charge is 0.248 e. The highest BCUT2D eigenvalue weighted by molar-refractivity contribution is 7.14. The van der Waals surface area contributed by atoms with Crippen LogP contribution in [0, 0.1) is 0 Å². The Morgan fingerprint density at radius 2 is 1.87 bits per heavy atom. The summed E-state index contributed by atoms with van der Waals surface area (Å²) in [5.41, 5.74) is 2.18. The molecule has 0 aliphatic heterocycles. The second kappa shape index (κ2) is 7.47. The summed E-state index contributed by atoms with van der Waals surface area (Å²) in [6, 6.07) is 8.92. The molecule has 1 aromatic heterocycles. The molecule has 1 saturated carbocycles. The van der Waals surface area contributed by atoms with Gasteiger partial charge in [-0.3, -0.25) is 4.79 Å². The van der Waals surface area contributed by atoms with Crippen molar-refractivity contribution < 1.29 is 9.90 Å². The molecule has 2 N–H and O–H groups in total. The molecule has 1 amide bonds. The van der Waals surface area contributed by atoms with Crippen molar-refractivity contribution in [2.24, 2.45) is 0 Å². The van der Waals surface area contributed by atoms with E-state index in [0.29, 0.717) is 5.92 Å². The molecule has 0 radical (unpaired) electrons. The lowest BCUT2D eigenvalue weighted by Gasteiger charge is -2.22. The molecule has 0 bridgehead atoms. The van der Waals surface area contributed by atoms with Gasteiger partial charge in [0.05, 0.1) is 5.00 Å². The number of rotatable bonds is 4. The summed E-state index contributed by atoms with van der Waals surface area (Å²) >= 11 is 1.60. The Morgan fingerprint density at radius 3 is 2.61 bits per heavy atom. The van der Waals surface area contributed by atoms with Crippen LogP contribution in [0.15, 0.2) is 41.8 Å². The van der Waals surface area contributed by atoms with Crippen LogP contribution < -0.4 is 5.32 Å². The van der Waals surface area contributed by atoms with Gasteiger partial charge in [0.25, 0.3) is 0 Å². The first-order valence-corrected chi connectivity index (χ1v) is 8.96. The summed E-state index contributed by atoms with van der Waals surface area (Å²) < 4.78 is 0. The molecule has 1 aliphatic carbocycles. The van der Waals surface area contributed by atoms with Gasteiger partial charge in [0.1, 0.15) is 5.75 Å². The third-order valence-electron chi connectivity index (χ3n) is 4.30. The number of carbonyl (C=O) groups is 1. The molecule has 2 aromatic rings. The predicted molar refractivity (Wildman–Crippen MR) is 95.9 cm³/mol. The lowest BCUT2D eigenvalue weighted by Crippen LogP contribution is -2.11. The molecule has 3 rings (SSSR count). The Labute approximate surface area is 140 Å². The average Bonchev–Trinajstić information content (AvgIpc) is 3.03. The largest absolute Gasteiger partial charge is 0.508 e. The molecule has 120 valence electrons. The summed E-state index contributed by atoms with van der Waals surface area (Å²) in [5, 5.41) is 15.3. The van der Waals surface area contributed by atoms with Gasteiger partial charge in [0.2, 0.25) is 5.91 Å². The fourth-order valence-corrected chi connectivity index (χ4v) is 3.95. The maximum atomic E-state index is 12.1. The molecule has 23 heavy (non-hydrogen) atoms. The van der Waals surface area contributed by atoms with Crippen molar-refractivity contribution in [1.29, 1.82) is 0 Å². The number of hydrogen-bond donors (Lipinski definition) is 2. The van der Waals surface area contributed by atoms with Gasteiger partial charge < -0.3 is 10.4 Å². The van der Waals surface area contributed by atoms with Crippen molar-refractivity contribution in [1.82, 2.24) is 0 Å². The number of thiophene rings is 1. The van der Waals surface area contributed by atoms with Crippen molar-refractivity contribution >= 4 is 28.3 Å². The average molecular weight is 327 g/mol. The summed E-state index contributed by atoms with van der Waals surface area (Å²) in [4.78, 5) is 12.1. The molecule has 1 aromatic carbocycles. The number of benzene rings is 1. The topological polar surface area (TPSA) is 49.3 Å². The number of amides is 1. The molecule has 0 spiro atoms. The molecule has 0 atom stereocenters. The van der Waals surface area contributed by atoms with Crippen LogP contribution in [0.1, 0.15) is 49.1 Å². The Kier molecular flexibility index (Phi) is 5.13. The van der Waals surface area contributed by atoms with Crippen molar-refractivity contribution in [3.05, 3.63) is 52.9 Å². The van der Waals surface area contributed by atoms with Gasteiger partial charge in [-0.05, 0) is 59.5 Å². The number of phenols is 1. The number of carbonyl (C=O) groups excluding carboxylic acids is 1. The highest BCUT2D eigenvalue weighted by atomic mass is 32.1. The van der Waals surface area contributed by atoms with E-state index in [-0.39, 0.29) is 11.7 Å². The fraction of sp³-hybridized carbons (Fsp3) is 0.316. The number of phenolic OH excluding ortho intramolecular Hbond substituents is 1. The second-order valence-electron chi connectivity index (χ2n) is 5.95. The Hall–Kier alpha value is -2.07. The Morgan fingerprint density at radius 1 is 1.13 bits per heavy atom. The number of anilines is 1. The van der Waals surface area contributed by atoms with Crippen LogP contribution in [-0.2, 0) is 4.79 Å². The quantitative estimate of drug-likeness (QED) is 0.763. The van der Waals surface area contributed by atoms with Crippen LogP contribution in [-0.4, -0.2) is 11.0 Å². The van der Waals surface area contributed by atoms with Gasteiger partial charge in [-0.25, -0.2) is 0 Å². The highest BCUT2D eigenvalue weighted by Gasteiger charge is 2.19. The van der Waals surface area contributed by atoms with E-state index in [4.69, 9.17) is 0 Å². The summed E-state index contributed by atoms with van der Waals surface area (Å²) in [6.07, 6.45) is 9.65. The zero-order valence-electron chi connectivity index (χ0n) is 13.0. The zero-order valence-corrected chi connectivity index (χ0v) is 13.8. The summed E-state index contributed by atoms with van der Waals surface area (Å²) in [5.74, 6) is 0.700. The van der Waals surface area contributed by atoms with Crippen molar-refractivity contribution in [3.8, 4) is 5.75 Å². The standard InChI is InChI=1S/C19H21NO2S/c21-16-9-6-14(7-10-16)8-11-18(22)20-19-17(12-13-23-19)15-4-2-1-3-5-15/h6-13,15,21H,1-5H2,(H,20,22). The van der Waals surface area contributed by atoms with E-state index >= 15 is 0 Å². The number of aromatic hydroxyl groups is 1. The third kappa shape index (κ3) is 4.23. The predicted octanol–water partition coefficient (Wildman–Crippen LogP) is 5.15. The number of hydrogen-bond acceptors (Lipinski definition) is 3. The lowest BCUT2D eigenvalue weighted by molar-refractivity contribution is -0.111. The minimum Gasteiger partial charge on any atom is -0.508 e. The molecule has 1 heterocycles. The van der Waals surface area contributed by atoms with Gasteiger partial charge in [-0.1, -0.05) is 31.4 Å². The zero-order chi connectivity index (χ0) is 16.1. The second-order valence-corrected chi connectivity index (χ2v) is 6.87. The van der Waals surface area contributed by atoms with E-state index in [1.165, 1.54) is 43.7 Å². The Balaban J connectivity index is 1.64. The van der Waals surface area contributed by atoms with Gasteiger partial charge in [0, 0.05) is 6.08 Å². The van der Waals surface area contributed by atoms with Crippen molar-refractivity contribution in [3.63, 3.8) is 0 Å². The molecule has 1 fully saturated rings. The molecule has 0 unspecified atom stereocenters. The molecule has 0 saturated heterocycles. The summed E-state index contributed by atoms with van der Waals surface area (Å²) in [6.45, 7) is 0. The van der Waals surface area contributed by atoms with Crippen LogP contribution in [0.5, 0.6) is 5.75 Å². The first kappa shape index (κ1) is 15.8. The molecular formula is C19H21NO2S. The molecular weight excluding hydrogens is 306 g/mol. The normalized spacial score (nSPS) is 15.8. The van der Waals surface area contributed by atoms with E-state index in [2.05, 4.69) is 16.8 Å². The van der Waals surface area contributed by atoms with Crippen LogP contribution in [0.25, 0.3) is 6.08 Å². The van der Waals surface area contributed by atoms with Gasteiger partial charge in [0.15, 0.2) is 0 Å². The van der Waals surface area contributed by atoms with E-state index in [1.54, 1.807) is 41.7 Å². The first-order chi connectivity index (χ1) is 11.2. The fourth-order valence-electron chi connectivity index (χ4n) is 3.07. The maximum absolute atomic E-state index is 12.1. The molecule has 3 nitrogen and oxygen atoms in total. The highest BCUT2D eigenvalue weighted by Crippen LogP contribution is 2.39. The molecule has 4 heteroatoms. The van der Waals surface area contributed by atoms with Crippen LogP contribution >= 0.6 is 11.3 Å². The van der Waals surface area contributed by atoms with Crippen LogP contribution in [0.2, 0.25) is 0 Å². The number of nitrogens with one attached hydrogen (secondary N) is 1. The van der Waals surface area contributed by atoms with Crippen molar-refractivity contribution in [2.75, 3.05) is 5.32 Å². The first-order valence-electron chi connectivity index (χ1n) is 8.08. The molecule has 1 aliphatic rings. The summed E-state index contributed by atoms with van der Waals surface area (Å²) in [7, 11) is 0. The SMILES string of the molecule is O=C(C=Cc1ccc(O)cc1)Nc1sccc1C1CCCCC1. The monoisotopic (exact) mass is 327 g/mol. The van der Waals surface area contributed by atoms with Gasteiger partial charge >= 0.3 is 0 Å². The lowest BCUT2D eigenvalue weighted by atomic mass is 9.85. The maximum Gasteiger partial charge on any atom is 0.248 e. The minimum atomic E-state index is -0.113. The van der Waals surface area contributed by atoms with E-state index in [0.717, 1.165) is 10.6 Å². The van der Waals surface area contributed by atoms with E-state index < -0.39 is 0 Å². The Bertz CT molecular complexity index is 682. The van der Waals surface area contributed by atoms with Gasteiger partial charge in [-0.2, -0.15) is 0 Å².